The van der Waals surface area contributed by atoms with Gasteiger partial charge in [-0.15, -0.1) is 22.7 Å². The summed E-state index contributed by atoms with van der Waals surface area (Å²) in [5.41, 5.74) is 0.565. The maximum absolute atomic E-state index is 12.0. The van der Waals surface area contributed by atoms with Crippen molar-refractivity contribution in [2.45, 2.75) is 0 Å². The molecule has 0 atom stereocenters. The van der Waals surface area contributed by atoms with E-state index in [1.54, 1.807) is 35.6 Å². The third-order valence-corrected chi connectivity index (χ3v) is 5.03. The summed E-state index contributed by atoms with van der Waals surface area (Å²) in [5.74, 6) is -0.138. The number of nitrogens with zero attached hydrogens (tertiary/aromatic N) is 2. The summed E-state index contributed by atoms with van der Waals surface area (Å²) in [6.45, 7) is 0. The van der Waals surface area contributed by atoms with Crippen LogP contribution in [0.2, 0.25) is 0 Å². The fourth-order valence-electron chi connectivity index (χ4n) is 2.24. The van der Waals surface area contributed by atoms with Gasteiger partial charge in [0.25, 0.3) is 0 Å². The van der Waals surface area contributed by atoms with Crippen LogP contribution in [0.25, 0.3) is 21.5 Å². The van der Waals surface area contributed by atoms with Gasteiger partial charge in [-0.2, -0.15) is 0 Å². The van der Waals surface area contributed by atoms with Crippen molar-refractivity contribution in [2.75, 3.05) is 0 Å². The average Bonchev–Trinajstić information content (AvgIpc) is 3.26. The van der Waals surface area contributed by atoms with Gasteiger partial charge in [0.05, 0.1) is 16.0 Å². The number of aromatic nitrogens is 1. The van der Waals surface area contributed by atoms with Crippen molar-refractivity contribution in [3.05, 3.63) is 63.1 Å². The summed E-state index contributed by atoms with van der Waals surface area (Å²) in [6.07, 6.45) is 1.30. The quantitative estimate of drug-likeness (QED) is 0.436. The van der Waals surface area contributed by atoms with E-state index >= 15 is 0 Å². The summed E-state index contributed by atoms with van der Waals surface area (Å²) >= 11 is 2.96. The Bertz CT molecular complexity index is 1090. The molecule has 0 unspecified atom stereocenters. The highest BCUT2D eigenvalue weighted by Gasteiger charge is 2.12. The topological polar surface area (TPSA) is 75.7 Å². The standard InChI is InChI=1S/C17H10N2O3S2/c20-15-10-4-1-2-5-13(10)22-16(21)11(15)8-18-17-19-12(9-24-17)14-6-3-7-23-14/h1-9,20H. The van der Waals surface area contributed by atoms with Crippen molar-refractivity contribution < 1.29 is 9.52 Å². The Balaban J connectivity index is 1.72. The third kappa shape index (κ3) is 2.64. The number of thiazole rings is 1. The molecule has 4 aromatic rings. The highest BCUT2D eigenvalue weighted by atomic mass is 32.1. The number of thiophene rings is 1. The predicted octanol–water partition coefficient (Wildman–Crippen LogP) is 4.43. The third-order valence-electron chi connectivity index (χ3n) is 3.39. The first-order valence-corrected chi connectivity index (χ1v) is 8.76. The zero-order valence-corrected chi connectivity index (χ0v) is 13.8. The molecule has 0 spiro atoms. The Morgan fingerprint density at radius 1 is 1.17 bits per heavy atom. The van der Waals surface area contributed by atoms with Crippen LogP contribution in [-0.2, 0) is 0 Å². The van der Waals surface area contributed by atoms with E-state index in [4.69, 9.17) is 4.42 Å². The van der Waals surface area contributed by atoms with E-state index in [1.165, 1.54) is 17.6 Å². The lowest BCUT2D eigenvalue weighted by Crippen LogP contribution is -2.06. The molecule has 4 rings (SSSR count). The van der Waals surface area contributed by atoms with Crippen molar-refractivity contribution >= 4 is 45.0 Å². The zero-order chi connectivity index (χ0) is 16.5. The molecule has 0 aliphatic carbocycles. The normalized spacial score (nSPS) is 11.5. The number of hydrogen-bond acceptors (Lipinski definition) is 7. The van der Waals surface area contributed by atoms with Gasteiger partial charge in [-0.3, -0.25) is 0 Å². The Hall–Kier alpha value is -2.77. The summed E-state index contributed by atoms with van der Waals surface area (Å²) in [5, 5.41) is 15.2. The average molecular weight is 354 g/mol. The second kappa shape index (κ2) is 6.03. The Kier molecular flexibility index (Phi) is 3.72. The minimum absolute atomic E-state index is 0.0153. The highest BCUT2D eigenvalue weighted by molar-refractivity contribution is 7.15. The molecule has 24 heavy (non-hydrogen) atoms. The molecule has 1 aromatic carbocycles. The minimum atomic E-state index is -0.634. The molecule has 0 amide bonds. The molecule has 0 saturated carbocycles. The van der Waals surface area contributed by atoms with E-state index in [0.717, 1.165) is 10.6 Å². The van der Waals surface area contributed by atoms with Crippen LogP contribution < -0.4 is 5.63 Å². The summed E-state index contributed by atoms with van der Waals surface area (Å²) < 4.78 is 5.20. The number of hydrogen-bond donors (Lipinski definition) is 1. The molecular weight excluding hydrogens is 344 g/mol. The summed E-state index contributed by atoms with van der Waals surface area (Å²) in [6, 6.07) is 10.8. The maximum Gasteiger partial charge on any atom is 0.348 e. The molecule has 1 N–H and O–H groups in total. The molecule has 0 aliphatic heterocycles. The van der Waals surface area contributed by atoms with Gasteiger partial charge < -0.3 is 9.52 Å². The van der Waals surface area contributed by atoms with Crippen molar-refractivity contribution in [3.8, 4) is 16.3 Å². The predicted molar refractivity (Wildman–Crippen MR) is 96.8 cm³/mol. The largest absolute Gasteiger partial charge is 0.506 e. The molecule has 0 fully saturated rings. The van der Waals surface area contributed by atoms with E-state index in [9.17, 15) is 9.90 Å². The molecular formula is C17H10N2O3S2. The van der Waals surface area contributed by atoms with E-state index in [-0.39, 0.29) is 11.3 Å². The molecule has 7 heteroatoms. The Labute approximate surface area is 144 Å². The van der Waals surface area contributed by atoms with Gasteiger partial charge in [0, 0.05) is 11.6 Å². The lowest BCUT2D eigenvalue weighted by atomic mass is 10.1. The number of para-hydroxylation sites is 1. The van der Waals surface area contributed by atoms with Gasteiger partial charge >= 0.3 is 5.63 Å². The maximum atomic E-state index is 12.0. The van der Waals surface area contributed by atoms with Gasteiger partial charge in [0.1, 0.15) is 16.9 Å². The lowest BCUT2D eigenvalue weighted by molar-refractivity contribution is 0.466. The van der Waals surface area contributed by atoms with Crippen molar-refractivity contribution in [1.82, 2.24) is 4.98 Å². The molecule has 0 bridgehead atoms. The number of aliphatic imine (C=N–C) groups is 1. The monoisotopic (exact) mass is 354 g/mol. The molecule has 118 valence electrons. The van der Waals surface area contributed by atoms with E-state index in [0.29, 0.717) is 16.1 Å². The summed E-state index contributed by atoms with van der Waals surface area (Å²) in [4.78, 5) is 21.7. The van der Waals surface area contributed by atoms with Gasteiger partial charge in [-0.05, 0) is 23.6 Å². The Morgan fingerprint density at radius 3 is 2.88 bits per heavy atom. The molecule has 0 aliphatic rings. The number of benzene rings is 1. The lowest BCUT2D eigenvalue weighted by Gasteiger charge is -2.01. The fourth-order valence-corrected chi connectivity index (χ4v) is 3.66. The molecule has 0 radical (unpaired) electrons. The molecule has 5 nitrogen and oxygen atoms in total. The van der Waals surface area contributed by atoms with Crippen molar-refractivity contribution in [2.24, 2.45) is 4.99 Å². The van der Waals surface area contributed by atoms with Gasteiger partial charge in [0.2, 0.25) is 5.13 Å². The first kappa shape index (κ1) is 14.8. The number of rotatable bonds is 3. The van der Waals surface area contributed by atoms with E-state index < -0.39 is 5.63 Å². The van der Waals surface area contributed by atoms with Crippen LogP contribution >= 0.6 is 22.7 Å². The van der Waals surface area contributed by atoms with E-state index in [1.807, 2.05) is 22.9 Å². The smallest absolute Gasteiger partial charge is 0.348 e. The fraction of sp³-hybridized carbons (Fsp3) is 0. The summed E-state index contributed by atoms with van der Waals surface area (Å²) in [7, 11) is 0. The van der Waals surface area contributed by atoms with Crippen LogP contribution in [0.4, 0.5) is 5.13 Å². The SMILES string of the molecule is O=c1oc2ccccc2c(O)c1C=Nc1nc(-c2cccs2)cs1. The van der Waals surface area contributed by atoms with Crippen LogP contribution in [0.1, 0.15) is 5.56 Å². The number of fused-ring (bicyclic) bond motifs is 1. The van der Waals surface area contributed by atoms with Crippen LogP contribution in [0.5, 0.6) is 5.75 Å². The molecule has 0 saturated heterocycles. The van der Waals surface area contributed by atoms with Gasteiger partial charge in [0.15, 0.2) is 0 Å². The second-order valence-corrected chi connectivity index (χ2v) is 6.68. The van der Waals surface area contributed by atoms with Crippen molar-refractivity contribution in [1.29, 1.82) is 0 Å². The van der Waals surface area contributed by atoms with E-state index in [2.05, 4.69) is 9.98 Å². The van der Waals surface area contributed by atoms with Crippen LogP contribution in [0.3, 0.4) is 0 Å². The first-order chi connectivity index (χ1) is 11.7. The van der Waals surface area contributed by atoms with Gasteiger partial charge in [-0.25, -0.2) is 14.8 Å². The second-order valence-electron chi connectivity index (χ2n) is 4.90. The number of aromatic hydroxyl groups is 1. The zero-order valence-electron chi connectivity index (χ0n) is 12.2. The van der Waals surface area contributed by atoms with Crippen LogP contribution in [0.15, 0.2) is 61.4 Å². The van der Waals surface area contributed by atoms with Crippen LogP contribution in [0, 0.1) is 0 Å². The molecule has 3 aromatic heterocycles. The first-order valence-electron chi connectivity index (χ1n) is 7.00. The highest BCUT2D eigenvalue weighted by Crippen LogP contribution is 2.30. The Morgan fingerprint density at radius 2 is 2.04 bits per heavy atom. The minimum Gasteiger partial charge on any atom is -0.506 e. The van der Waals surface area contributed by atoms with Gasteiger partial charge in [-0.1, -0.05) is 18.2 Å². The van der Waals surface area contributed by atoms with Crippen molar-refractivity contribution in [3.63, 3.8) is 0 Å². The van der Waals surface area contributed by atoms with Crippen LogP contribution in [-0.4, -0.2) is 16.3 Å². The molecule has 3 heterocycles.